The van der Waals surface area contributed by atoms with Gasteiger partial charge in [0, 0.05) is 12.4 Å². The SMILES string of the molecule is CC(N)C(=O)NC(Cc1ccccc1)c1cccnc1. The Bertz CT molecular complexity index is 540. The Kier molecular flexibility index (Phi) is 4.85. The molecule has 1 heterocycles. The van der Waals surface area contributed by atoms with E-state index in [0.29, 0.717) is 6.42 Å². The van der Waals surface area contributed by atoms with Crippen LogP contribution in [0.15, 0.2) is 54.9 Å². The maximum absolute atomic E-state index is 11.9. The van der Waals surface area contributed by atoms with Crippen molar-refractivity contribution in [3.05, 3.63) is 66.0 Å². The van der Waals surface area contributed by atoms with Crippen molar-refractivity contribution in [2.24, 2.45) is 5.73 Å². The summed E-state index contributed by atoms with van der Waals surface area (Å²) in [7, 11) is 0. The summed E-state index contributed by atoms with van der Waals surface area (Å²) in [5, 5.41) is 2.98. The molecule has 4 heteroatoms. The number of carbonyl (C=O) groups is 1. The first-order valence-electron chi connectivity index (χ1n) is 6.66. The molecule has 104 valence electrons. The molecular formula is C16H19N3O. The number of nitrogens with zero attached hydrogens (tertiary/aromatic N) is 1. The van der Waals surface area contributed by atoms with Gasteiger partial charge in [-0.2, -0.15) is 0 Å². The Morgan fingerprint density at radius 3 is 2.60 bits per heavy atom. The summed E-state index contributed by atoms with van der Waals surface area (Å²) < 4.78 is 0. The lowest BCUT2D eigenvalue weighted by molar-refractivity contribution is -0.122. The van der Waals surface area contributed by atoms with E-state index in [1.54, 1.807) is 19.3 Å². The van der Waals surface area contributed by atoms with Crippen LogP contribution in [0.4, 0.5) is 0 Å². The first-order valence-corrected chi connectivity index (χ1v) is 6.66. The van der Waals surface area contributed by atoms with Gasteiger partial charge in [-0.15, -0.1) is 0 Å². The average molecular weight is 269 g/mol. The zero-order chi connectivity index (χ0) is 14.4. The molecular weight excluding hydrogens is 250 g/mol. The topological polar surface area (TPSA) is 68.0 Å². The number of aromatic nitrogens is 1. The second-order valence-corrected chi connectivity index (χ2v) is 4.83. The fourth-order valence-corrected chi connectivity index (χ4v) is 1.99. The summed E-state index contributed by atoms with van der Waals surface area (Å²) in [6.45, 7) is 1.68. The maximum atomic E-state index is 11.9. The van der Waals surface area contributed by atoms with Gasteiger partial charge >= 0.3 is 0 Å². The van der Waals surface area contributed by atoms with Gasteiger partial charge in [0.1, 0.15) is 0 Å². The van der Waals surface area contributed by atoms with Crippen LogP contribution >= 0.6 is 0 Å². The van der Waals surface area contributed by atoms with E-state index in [4.69, 9.17) is 5.73 Å². The minimum Gasteiger partial charge on any atom is -0.348 e. The van der Waals surface area contributed by atoms with E-state index < -0.39 is 6.04 Å². The average Bonchev–Trinajstić information content (AvgIpc) is 2.48. The van der Waals surface area contributed by atoms with Crippen LogP contribution in [0.2, 0.25) is 0 Å². The van der Waals surface area contributed by atoms with Crippen LogP contribution in [0.3, 0.4) is 0 Å². The van der Waals surface area contributed by atoms with Crippen LogP contribution in [-0.2, 0) is 11.2 Å². The van der Waals surface area contributed by atoms with Crippen molar-refractivity contribution < 1.29 is 4.79 Å². The number of pyridine rings is 1. The summed E-state index contributed by atoms with van der Waals surface area (Å²) in [5.74, 6) is -0.158. The molecule has 0 saturated heterocycles. The molecule has 0 fully saturated rings. The largest absolute Gasteiger partial charge is 0.348 e. The number of amides is 1. The molecule has 2 rings (SSSR count). The number of nitrogens with one attached hydrogen (secondary N) is 1. The van der Waals surface area contributed by atoms with Crippen LogP contribution in [0.25, 0.3) is 0 Å². The Morgan fingerprint density at radius 2 is 2.00 bits per heavy atom. The minimum atomic E-state index is -0.523. The molecule has 2 atom stereocenters. The number of benzene rings is 1. The van der Waals surface area contributed by atoms with E-state index in [1.807, 2.05) is 42.5 Å². The van der Waals surface area contributed by atoms with Crippen molar-refractivity contribution in [3.63, 3.8) is 0 Å². The summed E-state index contributed by atoms with van der Waals surface area (Å²) >= 11 is 0. The summed E-state index contributed by atoms with van der Waals surface area (Å²) in [5.41, 5.74) is 7.76. The molecule has 0 radical (unpaired) electrons. The first kappa shape index (κ1) is 14.2. The van der Waals surface area contributed by atoms with E-state index >= 15 is 0 Å². The molecule has 3 N–H and O–H groups in total. The molecule has 0 spiro atoms. The van der Waals surface area contributed by atoms with Crippen LogP contribution in [0, 0.1) is 0 Å². The monoisotopic (exact) mass is 269 g/mol. The molecule has 0 aliphatic carbocycles. The lowest BCUT2D eigenvalue weighted by Crippen LogP contribution is -2.40. The molecule has 2 aromatic rings. The number of nitrogens with two attached hydrogens (primary N) is 1. The van der Waals surface area contributed by atoms with Gasteiger partial charge in [0.05, 0.1) is 12.1 Å². The Labute approximate surface area is 119 Å². The van der Waals surface area contributed by atoms with Gasteiger partial charge in [-0.1, -0.05) is 36.4 Å². The van der Waals surface area contributed by atoms with Gasteiger partial charge in [-0.3, -0.25) is 9.78 Å². The minimum absolute atomic E-state index is 0.121. The third-order valence-electron chi connectivity index (χ3n) is 3.10. The van der Waals surface area contributed by atoms with Crippen molar-refractivity contribution in [1.29, 1.82) is 0 Å². The molecule has 0 saturated carbocycles. The van der Waals surface area contributed by atoms with Crippen molar-refractivity contribution >= 4 is 5.91 Å². The number of hydrogen-bond acceptors (Lipinski definition) is 3. The first-order chi connectivity index (χ1) is 9.66. The highest BCUT2D eigenvalue weighted by molar-refractivity contribution is 5.81. The molecule has 1 amide bonds. The number of rotatable bonds is 5. The van der Waals surface area contributed by atoms with Gasteiger partial charge in [-0.25, -0.2) is 0 Å². The molecule has 4 nitrogen and oxygen atoms in total. The fourth-order valence-electron chi connectivity index (χ4n) is 1.99. The predicted molar refractivity (Wildman–Crippen MR) is 78.9 cm³/mol. The quantitative estimate of drug-likeness (QED) is 0.870. The van der Waals surface area contributed by atoms with Gasteiger partial charge in [0.15, 0.2) is 0 Å². The molecule has 0 aliphatic rings. The Hall–Kier alpha value is -2.20. The van der Waals surface area contributed by atoms with Crippen LogP contribution in [-0.4, -0.2) is 16.9 Å². The second kappa shape index (κ2) is 6.82. The van der Waals surface area contributed by atoms with Crippen molar-refractivity contribution in [1.82, 2.24) is 10.3 Å². The Morgan fingerprint density at radius 1 is 1.25 bits per heavy atom. The highest BCUT2D eigenvalue weighted by atomic mass is 16.2. The standard InChI is InChI=1S/C16H19N3O/c1-12(17)16(20)19-15(14-8-5-9-18-11-14)10-13-6-3-2-4-7-13/h2-9,11-12,15H,10,17H2,1H3,(H,19,20). The smallest absolute Gasteiger partial charge is 0.237 e. The summed E-state index contributed by atoms with van der Waals surface area (Å²) in [6, 6.07) is 13.2. The van der Waals surface area contributed by atoms with Gasteiger partial charge in [0.2, 0.25) is 5.91 Å². The lowest BCUT2D eigenvalue weighted by atomic mass is 10.00. The van der Waals surface area contributed by atoms with E-state index in [0.717, 1.165) is 11.1 Å². The van der Waals surface area contributed by atoms with Gasteiger partial charge in [0.25, 0.3) is 0 Å². The highest BCUT2D eigenvalue weighted by Crippen LogP contribution is 2.17. The molecule has 1 aromatic heterocycles. The van der Waals surface area contributed by atoms with Crippen LogP contribution in [0.5, 0.6) is 0 Å². The zero-order valence-electron chi connectivity index (χ0n) is 11.5. The molecule has 1 aromatic carbocycles. The van der Waals surface area contributed by atoms with E-state index in [2.05, 4.69) is 10.3 Å². The zero-order valence-corrected chi connectivity index (χ0v) is 11.5. The van der Waals surface area contributed by atoms with E-state index in [-0.39, 0.29) is 11.9 Å². The molecule has 20 heavy (non-hydrogen) atoms. The van der Waals surface area contributed by atoms with Crippen LogP contribution < -0.4 is 11.1 Å². The number of hydrogen-bond donors (Lipinski definition) is 2. The second-order valence-electron chi connectivity index (χ2n) is 4.83. The van der Waals surface area contributed by atoms with E-state index in [1.165, 1.54) is 0 Å². The molecule has 0 bridgehead atoms. The highest BCUT2D eigenvalue weighted by Gasteiger charge is 2.17. The van der Waals surface area contributed by atoms with Crippen molar-refractivity contribution in [3.8, 4) is 0 Å². The summed E-state index contributed by atoms with van der Waals surface area (Å²) in [4.78, 5) is 16.0. The van der Waals surface area contributed by atoms with Crippen LogP contribution in [0.1, 0.15) is 24.1 Å². The third kappa shape index (κ3) is 3.90. The van der Waals surface area contributed by atoms with Crippen molar-refractivity contribution in [2.45, 2.75) is 25.4 Å². The Balaban J connectivity index is 2.18. The third-order valence-corrected chi connectivity index (χ3v) is 3.10. The summed E-state index contributed by atoms with van der Waals surface area (Å²) in [6.07, 6.45) is 4.20. The predicted octanol–water partition coefficient (Wildman–Crippen LogP) is 1.83. The normalized spacial score (nSPS) is 13.5. The van der Waals surface area contributed by atoms with E-state index in [9.17, 15) is 4.79 Å². The lowest BCUT2D eigenvalue weighted by Gasteiger charge is -2.20. The van der Waals surface area contributed by atoms with Crippen molar-refractivity contribution in [2.75, 3.05) is 0 Å². The van der Waals surface area contributed by atoms with Gasteiger partial charge < -0.3 is 11.1 Å². The maximum Gasteiger partial charge on any atom is 0.237 e. The molecule has 0 aliphatic heterocycles. The van der Waals surface area contributed by atoms with Gasteiger partial charge in [-0.05, 0) is 30.5 Å². The fraction of sp³-hybridized carbons (Fsp3) is 0.250. The number of carbonyl (C=O) groups excluding carboxylic acids is 1. The molecule has 2 unspecified atom stereocenters.